The van der Waals surface area contributed by atoms with Gasteiger partial charge in [-0.3, -0.25) is 0 Å². The summed E-state index contributed by atoms with van der Waals surface area (Å²) in [5, 5.41) is 31.7. The summed E-state index contributed by atoms with van der Waals surface area (Å²) in [6, 6.07) is 0. The fourth-order valence-electron chi connectivity index (χ4n) is 3.25. The van der Waals surface area contributed by atoms with E-state index in [1.54, 1.807) is 0 Å². The van der Waals surface area contributed by atoms with Crippen LogP contribution in [0.15, 0.2) is 15.8 Å². The zero-order valence-corrected chi connectivity index (χ0v) is 19.0. The van der Waals surface area contributed by atoms with Crippen molar-refractivity contribution in [2.75, 3.05) is 0 Å². The number of unbranched alkanes of at least 4 members (excludes halogenated alkanes) is 2. The molecule has 0 saturated carbocycles. The average Bonchev–Trinajstić information content (AvgIpc) is 2.93. The number of aliphatic hydroxyl groups excluding tert-OH is 3. The van der Waals surface area contributed by atoms with E-state index in [2.05, 4.69) is 18.8 Å². The van der Waals surface area contributed by atoms with Crippen LogP contribution in [0.1, 0.15) is 51.3 Å². The maximum atomic E-state index is 12.1. The van der Waals surface area contributed by atoms with Gasteiger partial charge in [-0.05, 0) is 0 Å². The normalized spacial score (nSPS) is 25.0. The Kier molecular flexibility index (Phi) is 8.41. The first-order valence-corrected chi connectivity index (χ1v) is 15.0. The summed E-state index contributed by atoms with van der Waals surface area (Å²) in [7, 11) is 0. The number of hydrogen-bond acceptors (Lipinski definition) is 6. The van der Waals surface area contributed by atoms with Crippen molar-refractivity contribution in [3.63, 3.8) is 0 Å². The molecule has 2 heterocycles. The number of aromatic nitrogens is 2. The van der Waals surface area contributed by atoms with Crippen LogP contribution < -0.4 is 11.2 Å². The van der Waals surface area contributed by atoms with Gasteiger partial charge >= 0.3 is 165 Å². The van der Waals surface area contributed by atoms with E-state index >= 15 is 0 Å². The van der Waals surface area contributed by atoms with Gasteiger partial charge in [0.25, 0.3) is 0 Å². The fourth-order valence-corrected chi connectivity index (χ4v) is 11.7. The van der Waals surface area contributed by atoms with Crippen LogP contribution in [0.5, 0.6) is 0 Å². The molecule has 9 heteroatoms. The summed E-state index contributed by atoms with van der Waals surface area (Å²) in [5.41, 5.74) is -0.943. The summed E-state index contributed by atoms with van der Waals surface area (Å²) in [4.78, 5) is 25.8. The first-order chi connectivity index (χ1) is 12.8. The molecule has 1 fully saturated rings. The second kappa shape index (κ2) is 10.1. The second-order valence-corrected chi connectivity index (χ2v) is 14.9. The van der Waals surface area contributed by atoms with E-state index in [0.717, 1.165) is 39.1 Å². The minimum absolute atomic E-state index is 0.211. The SMILES string of the molecule is CCC[CH2][Sn]([CH2]CCC)=[C](O)[C@H]1O[C@@H](n2cc(C)c(=O)[nH]c2=O)[C@H](O)[C@@H]1O. The van der Waals surface area contributed by atoms with Gasteiger partial charge in [0, 0.05) is 0 Å². The van der Waals surface area contributed by atoms with Crippen LogP contribution >= 0.6 is 0 Å². The van der Waals surface area contributed by atoms with Gasteiger partial charge in [0.05, 0.1) is 0 Å². The molecule has 4 atom stereocenters. The van der Waals surface area contributed by atoms with E-state index in [0.29, 0.717) is 5.56 Å². The number of aromatic amines is 1. The third kappa shape index (κ3) is 5.17. The van der Waals surface area contributed by atoms with Crippen LogP contribution in [0.4, 0.5) is 0 Å². The van der Waals surface area contributed by atoms with E-state index < -0.39 is 55.1 Å². The molecular formula is C18H30N2O6Sn. The number of nitrogens with zero attached hydrogens (tertiary/aromatic N) is 1. The predicted molar refractivity (Wildman–Crippen MR) is 104 cm³/mol. The Morgan fingerprint density at radius 1 is 1.19 bits per heavy atom. The van der Waals surface area contributed by atoms with Gasteiger partial charge in [-0.15, -0.1) is 0 Å². The Balaban J connectivity index is 2.34. The van der Waals surface area contributed by atoms with E-state index in [1.807, 2.05) is 0 Å². The summed E-state index contributed by atoms with van der Waals surface area (Å²) < 4.78 is 8.97. The van der Waals surface area contributed by atoms with Crippen LogP contribution in [-0.2, 0) is 4.74 Å². The first-order valence-electron chi connectivity index (χ1n) is 9.56. The van der Waals surface area contributed by atoms with E-state index in [-0.39, 0.29) is 3.70 Å². The molecule has 1 aliphatic heterocycles. The summed E-state index contributed by atoms with van der Waals surface area (Å²) >= 11 is -2.35. The van der Waals surface area contributed by atoms with Crippen LogP contribution in [0.25, 0.3) is 0 Å². The standard InChI is InChI=1S/C10H12N2O6.2C4H9.Sn/c1-4-2-12(10(17)11-8(4)16)9-7(15)6(14)5(3-13)18-9;2*1-3-4-2;/h2,5-7,9,13-15H,1H3,(H,11,16,17);2*1,3-4H2,2H3;/t5-,6-,7-,9-;;;/m1.../s1. The van der Waals surface area contributed by atoms with Gasteiger partial charge in [0.2, 0.25) is 0 Å². The van der Waals surface area contributed by atoms with Crippen molar-refractivity contribution in [1.29, 1.82) is 0 Å². The van der Waals surface area contributed by atoms with Crippen molar-refractivity contribution in [1.82, 2.24) is 9.55 Å². The van der Waals surface area contributed by atoms with Gasteiger partial charge in [0.1, 0.15) is 0 Å². The monoisotopic (exact) mass is 490 g/mol. The van der Waals surface area contributed by atoms with Gasteiger partial charge in [-0.1, -0.05) is 0 Å². The Morgan fingerprint density at radius 2 is 1.78 bits per heavy atom. The summed E-state index contributed by atoms with van der Waals surface area (Å²) in [6.45, 7) is 5.74. The minimum atomic E-state index is -2.35. The molecule has 8 nitrogen and oxygen atoms in total. The third-order valence-corrected chi connectivity index (χ3v) is 13.3. The molecule has 0 aliphatic carbocycles. The zero-order chi connectivity index (χ0) is 20.1. The van der Waals surface area contributed by atoms with Gasteiger partial charge in [0.15, 0.2) is 0 Å². The molecule has 152 valence electrons. The van der Waals surface area contributed by atoms with Crippen LogP contribution in [0, 0.1) is 6.92 Å². The van der Waals surface area contributed by atoms with Crippen LogP contribution in [0.3, 0.4) is 0 Å². The van der Waals surface area contributed by atoms with E-state index in [9.17, 15) is 24.9 Å². The quantitative estimate of drug-likeness (QED) is 0.398. The van der Waals surface area contributed by atoms with Crippen molar-refractivity contribution in [3.05, 3.63) is 32.6 Å². The Morgan fingerprint density at radius 3 is 2.33 bits per heavy atom. The topological polar surface area (TPSA) is 125 Å². The molecule has 1 aliphatic rings. The van der Waals surface area contributed by atoms with Crippen molar-refractivity contribution in [3.8, 4) is 0 Å². The maximum absolute atomic E-state index is 12.1. The number of H-pyrrole nitrogens is 1. The molecule has 4 N–H and O–H groups in total. The molecule has 1 aromatic rings. The fraction of sp³-hybridized carbons (Fsp3) is 0.722. The Bertz CT molecular complexity index is 777. The number of aliphatic hydroxyl groups is 3. The van der Waals surface area contributed by atoms with Crippen LogP contribution in [-0.4, -0.2) is 66.2 Å². The molecule has 27 heavy (non-hydrogen) atoms. The Labute approximate surface area is 165 Å². The predicted octanol–water partition coefficient (Wildman–Crippen LogP) is 0.643. The second-order valence-electron chi connectivity index (χ2n) is 7.10. The third-order valence-electron chi connectivity index (χ3n) is 4.95. The van der Waals surface area contributed by atoms with Gasteiger partial charge < -0.3 is 0 Å². The molecule has 1 aromatic heterocycles. The number of aryl methyl sites for hydroxylation is 1. The van der Waals surface area contributed by atoms with Crippen molar-refractivity contribution in [2.45, 2.75) is 79.9 Å². The number of hydrogen-bond donors (Lipinski definition) is 4. The molecule has 0 radical (unpaired) electrons. The van der Waals surface area contributed by atoms with Gasteiger partial charge in [-0.2, -0.15) is 0 Å². The molecule has 1 saturated heterocycles. The van der Waals surface area contributed by atoms with Gasteiger partial charge in [-0.25, -0.2) is 0 Å². The zero-order valence-electron chi connectivity index (χ0n) is 16.1. The first kappa shape index (κ1) is 22.5. The Hall–Kier alpha value is -0.811. The molecule has 0 spiro atoms. The summed E-state index contributed by atoms with van der Waals surface area (Å²) in [5.74, 6) is 0. The number of ether oxygens (including phenoxy) is 1. The molecule has 0 aromatic carbocycles. The van der Waals surface area contributed by atoms with E-state index in [4.69, 9.17) is 4.74 Å². The molecule has 0 unspecified atom stereocenters. The number of nitrogens with one attached hydrogen (secondary N) is 1. The number of rotatable bonds is 8. The molecular weight excluding hydrogens is 459 g/mol. The molecule has 0 bridgehead atoms. The molecule has 2 rings (SSSR count). The van der Waals surface area contributed by atoms with Crippen molar-refractivity contribution >= 4 is 23.0 Å². The summed E-state index contributed by atoms with van der Waals surface area (Å²) in [6.07, 6.45) is 0.587. The van der Waals surface area contributed by atoms with Crippen molar-refractivity contribution < 1.29 is 20.1 Å². The van der Waals surface area contributed by atoms with Crippen molar-refractivity contribution in [2.24, 2.45) is 0 Å². The van der Waals surface area contributed by atoms with E-state index in [1.165, 1.54) is 13.1 Å². The van der Waals surface area contributed by atoms with Crippen LogP contribution in [0.2, 0.25) is 8.87 Å². The average molecular weight is 489 g/mol. The molecule has 0 amide bonds.